The second kappa shape index (κ2) is 5.64. The lowest BCUT2D eigenvalue weighted by molar-refractivity contribution is -0.0874. The van der Waals surface area contributed by atoms with Gasteiger partial charge in [0.05, 0.1) is 12.7 Å². The predicted octanol–water partition coefficient (Wildman–Crippen LogP) is 4.65. The zero-order chi connectivity index (χ0) is 13.1. The van der Waals surface area contributed by atoms with Crippen molar-refractivity contribution in [1.82, 2.24) is 0 Å². The lowest BCUT2D eigenvalue weighted by atomic mass is 9.66. The molecule has 0 spiro atoms. The van der Waals surface area contributed by atoms with E-state index in [1.54, 1.807) is 13.8 Å². The summed E-state index contributed by atoms with van der Waals surface area (Å²) in [6.45, 7) is 7.83. The SMILES string of the molecule is CC(C)OCC1(CCC(F)(F)C(C)C)CCC1. The van der Waals surface area contributed by atoms with Crippen LogP contribution < -0.4 is 0 Å². The van der Waals surface area contributed by atoms with Gasteiger partial charge in [-0.3, -0.25) is 0 Å². The number of halogens is 2. The lowest BCUT2D eigenvalue weighted by Crippen LogP contribution is -2.38. The molecule has 1 aliphatic carbocycles. The Bertz CT molecular complexity index is 232. The minimum Gasteiger partial charge on any atom is -0.378 e. The Hall–Kier alpha value is -0.180. The Labute approximate surface area is 104 Å². The molecule has 0 radical (unpaired) electrons. The van der Waals surface area contributed by atoms with Crippen molar-refractivity contribution in [2.75, 3.05) is 6.61 Å². The van der Waals surface area contributed by atoms with Crippen LogP contribution in [0.15, 0.2) is 0 Å². The van der Waals surface area contributed by atoms with Gasteiger partial charge < -0.3 is 4.74 Å². The summed E-state index contributed by atoms with van der Waals surface area (Å²) in [6, 6.07) is 0. The summed E-state index contributed by atoms with van der Waals surface area (Å²) in [7, 11) is 0. The third-order valence-corrected chi connectivity index (χ3v) is 3.97. The van der Waals surface area contributed by atoms with Crippen molar-refractivity contribution in [3.8, 4) is 0 Å². The van der Waals surface area contributed by atoms with Crippen LogP contribution in [0.5, 0.6) is 0 Å². The van der Waals surface area contributed by atoms with Crippen LogP contribution in [0, 0.1) is 11.3 Å². The van der Waals surface area contributed by atoms with Crippen LogP contribution in [-0.2, 0) is 4.74 Å². The van der Waals surface area contributed by atoms with Crippen molar-refractivity contribution in [1.29, 1.82) is 0 Å². The first-order chi connectivity index (χ1) is 7.77. The summed E-state index contributed by atoms with van der Waals surface area (Å²) in [5, 5.41) is 0. The summed E-state index contributed by atoms with van der Waals surface area (Å²) in [5.74, 6) is -3.09. The molecule has 0 saturated heterocycles. The largest absolute Gasteiger partial charge is 0.378 e. The van der Waals surface area contributed by atoms with E-state index in [9.17, 15) is 8.78 Å². The Morgan fingerprint density at radius 2 is 1.76 bits per heavy atom. The maximum atomic E-state index is 13.6. The van der Waals surface area contributed by atoms with E-state index in [1.165, 1.54) is 0 Å². The van der Waals surface area contributed by atoms with E-state index in [2.05, 4.69) is 0 Å². The minimum atomic E-state index is -2.53. The average molecular weight is 248 g/mol. The highest BCUT2D eigenvalue weighted by Crippen LogP contribution is 2.47. The highest BCUT2D eigenvalue weighted by Gasteiger charge is 2.42. The summed E-state index contributed by atoms with van der Waals surface area (Å²) in [4.78, 5) is 0. The van der Waals surface area contributed by atoms with E-state index in [0.29, 0.717) is 13.0 Å². The summed E-state index contributed by atoms with van der Waals surface area (Å²) >= 11 is 0. The molecule has 0 aromatic heterocycles. The van der Waals surface area contributed by atoms with E-state index in [-0.39, 0.29) is 17.9 Å². The number of alkyl halides is 2. The zero-order valence-electron chi connectivity index (χ0n) is 11.6. The number of ether oxygens (including phenoxy) is 1. The third-order valence-electron chi connectivity index (χ3n) is 3.97. The van der Waals surface area contributed by atoms with Crippen LogP contribution in [0.2, 0.25) is 0 Å². The lowest BCUT2D eigenvalue weighted by Gasteiger charge is -2.43. The van der Waals surface area contributed by atoms with Crippen LogP contribution in [-0.4, -0.2) is 18.6 Å². The van der Waals surface area contributed by atoms with E-state index in [4.69, 9.17) is 4.74 Å². The van der Waals surface area contributed by atoms with Gasteiger partial charge >= 0.3 is 0 Å². The van der Waals surface area contributed by atoms with Crippen molar-refractivity contribution in [3.05, 3.63) is 0 Å². The van der Waals surface area contributed by atoms with Crippen LogP contribution in [0.4, 0.5) is 8.78 Å². The van der Waals surface area contributed by atoms with Gasteiger partial charge in [-0.25, -0.2) is 8.78 Å². The van der Waals surface area contributed by atoms with Crippen LogP contribution in [0.1, 0.15) is 59.8 Å². The molecule has 0 bridgehead atoms. The molecule has 0 amide bonds. The Morgan fingerprint density at radius 3 is 2.12 bits per heavy atom. The Morgan fingerprint density at radius 1 is 1.18 bits per heavy atom. The molecule has 3 heteroatoms. The molecule has 1 nitrogen and oxygen atoms in total. The third kappa shape index (κ3) is 4.20. The molecule has 0 atom stereocenters. The van der Waals surface area contributed by atoms with Crippen LogP contribution in [0.3, 0.4) is 0 Å². The molecule has 0 heterocycles. The first kappa shape index (κ1) is 14.9. The highest BCUT2D eigenvalue weighted by atomic mass is 19.3. The molecule has 0 aliphatic heterocycles. The molecule has 0 aromatic rings. The summed E-state index contributed by atoms with van der Waals surface area (Å²) in [5.41, 5.74) is 0.0442. The molecule has 102 valence electrons. The maximum absolute atomic E-state index is 13.6. The van der Waals surface area contributed by atoms with Gasteiger partial charge in [0.2, 0.25) is 5.92 Å². The quantitative estimate of drug-likeness (QED) is 0.637. The highest BCUT2D eigenvalue weighted by molar-refractivity contribution is 4.89. The zero-order valence-corrected chi connectivity index (χ0v) is 11.6. The van der Waals surface area contributed by atoms with Gasteiger partial charge in [0.1, 0.15) is 0 Å². The molecule has 0 N–H and O–H groups in total. The van der Waals surface area contributed by atoms with Gasteiger partial charge in [0.25, 0.3) is 0 Å². The molecule has 1 saturated carbocycles. The number of rotatable bonds is 7. The first-order valence-corrected chi connectivity index (χ1v) is 6.77. The summed E-state index contributed by atoms with van der Waals surface area (Å²) < 4.78 is 32.8. The molecular weight excluding hydrogens is 222 g/mol. The second-order valence-electron chi connectivity index (χ2n) is 6.13. The molecular formula is C14H26F2O. The molecule has 17 heavy (non-hydrogen) atoms. The van der Waals surface area contributed by atoms with Gasteiger partial charge in [-0.2, -0.15) is 0 Å². The molecule has 0 aromatic carbocycles. The first-order valence-electron chi connectivity index (χ1n) is 6.77. The number of hydrogen-bond donors (Lipinski definition) is 0. The van der Waals surface area contributed by atoms with Gasteiger partial charge in [-0.15, -0.1) is 0 Å². The van der Waals surface area contributed by atoms with Crippen molar-refractivity contribution < 1.29 is 13.5 Å². The fraction of sp³-hybridized carbons (Fsp3) is 1.00. The van der Waals surface area contributed by atoms with Crippen LogP contribution >= 0.6 is 0 Å². The molecule has 1 aliphatic rings. The van der Waals surface area contributed by atoms with Crippen molar-refractivity contribution >= 4 is 0 Å². The molecule has 0 unspecified atom stereocenters. The van der Waals surface area contributed by atoms with Gasteiger partial charge in [-0.1, -0.05) is 20.3 Å². The van der Waals surface area contributed by atoms with Crippen LogP contribution in [0.25, 0.3) is 0 Å². The fourth-order valence-corrected chi connectivity index (χ4v) is 2.21. The van der Waals surface area contributed by atoms with Crippen molar-refractivity contribution in [2.24, 2.45) is 11.3 Å². The normalized spacial score (nSPS) is 19.8. The monoisotopic (exact) mass is 248 g/mol. The van der Waals surface area contributed by atoms with Crippen molar-refractivity contribution in [3.63, 3.8) is 0 Å². The van der Waals surface area contributed by atoms with Gasteiger partial charge in [0, 0.05) is 12.3 Å². The van der Waals surface area contributed by atoms with E-state index < -0.39 is 11.8 Å². The Kier molecular flexibility index (Phi) is 4.94. The van der Waals surface area contributed by atoms with Gasteiger partial charge in [0.15, 0.2) is 0 Å². The topological polar surface area (TPSA) is 9.23 Å². The molecule has 1 fully saturated rings. The number of hydrogen-bond acceptors (Lipinski definition) is 1. The van der Waals surface area contributed by atoms with E-state index >= 15 is 0 Å². The average Bonchev–Trinajstić information content (AvgIpc) is 2.14. The smallest absolute Gasteiger partial charge is 0.250 e. The van der Waals surface area contributed by atoms with Crippen molar-refractivity contribution in [2.45, 2.75) is 71.8 Å². The second-order valence-corrected chi connectivity index (χ2v) is 6.13. The fourth-order valence-electron chi connectivity index (χ4n) is 2.21. The Balaban J connectivity index is 2.41. The van der Waals surface area contributed by atoms with Gasteiger partial charge in [-0.05, 0) is 38.5 Å². The standard InChI is InChI=1S/C14H26F2O/c1-11(2)14(15,16)9-8-13(6-5-7-13)10-17-12(3)4/h11-12H,5-10H2,1-4H3. The van der Waals surface area contributed by atoms with E-state index in [1.807, 2.05) is 13.8 Å². The molecule has 1 rings (SSSR count). The summed E-state index contributed by atoms with van der Waals surface area (Å²) in [6.07, 6.45) is 4.06. The maximum Gasteiger partial charge on any atom is 0.250 e. The minimum absolute atomic E-state index is 0.00607. The predicted molar refractivity (Wildman–Crippen MR) is 66.4 cm³/mol. The van der Waals surface area contributed by atoms with E-state index in [0.717, 1.165) is 19.3 Å².